The van der Waals surface area contributed by atoms with E-state index in [-0.39, 0.29) is 5.75 Å². The molecule has 5 rings (SSSR count). The van der Waals surface area contributed by atoms with Crippen LogP contribution in [0.3, 0.4) is 0 Å². The molecule has 0 spiro atoms. The Labute approximate surface area is 163 Å². The van der Waals surface area contributed by atoms with Crippen molar-refractivity contribution in [1.82, 2.24) is 4.57 Å². The first-order valence-corrected chi connectivity index (χ1v) is 9.33. The molecule has 2 nitrogen and oxygen atoms in total. The quantitative estimate of drug-likeness (QED) is 0.327. The highest BCUT2D eigenvalue weighted by Crippen LogP contribution is 2.34. The first-order chi connectivity index (χ1) is 13.8. The second kappa shape index (κ2) is 6.75. The van der Waals surface area contributed by atoms with E-state index in [9.17, 15) is 5.11 Å². The van der Waals surface area contributed by atoms with Gasteiger partial charge in [-0.1, -0.05) is 66.7 Å². The topological polar surface area (TPSA) is 24.8 Å². The molecule has 0 aliphatic rings. The van der Waals surface area contributed by atoms with Crippen LogP contribution in [-0.4, -0.2) is 4.57 Å². The van der Waals surface area contributed by atoms with Gasteiger partial charge in [0.1, 0.15) is 0 Å². The van der Waals surface area contributed by atoms with Gasteiger partial charge in [0.2, 0.25) is 0 Å². The number of benzene rings is 4. The predicted molar refractivity (Wildman–Crippen MR) is 114 cm³/mol. The van der Waals surface area contributed by atoms with Crippen LogP contribution in [0.1, 0.15) is 0 Å². The average molecular weight is 360 g/mol. The van der Waals surface area contributed by atoms with Gasteiger partial charge in [0.15, 0.2) is 5.75 Å². The molecule has 133 valence electrons. The van der Waals surface area contributed by atoms with E-state index in [1.54, 1.807) is 12.1 Å². The van der Waals surface area contributed by atoms with Crippen LogP contribution in [0.2, 0.25) is 0 Å². The molecule has 5 aromatic rings. The smallest absolute Gasteiger partial charge is 0.179 e. The van der Waals surface area contributed by atoms with Gasteiger partial charge < -0.3 is 4.57 Å². The molecule has 0 unspecified atom stereocenters. The minimum Gasteiger partial charge on any atom is -0.309 e. The Morgan fingerprint density at radius 2 is 1.11 bits per heavy atom. The minimum absolute atomic E-state index is 0.0410. The van der Waals surface area contributed by atoms with Gasteiger partial charge in [-0.25, -0.2) is 0 Å². The van der Waals surface area contributed by atoms with Gasteiger partial charge >= 0.3 is 0 Å². The second-order valence-corrected chi connectivity index (χ2v) is 6.86. The maximum Gasteiger partial charge on any atom is 0.179 e. The van der Waals surface area contributed by atoms with Crippen LogP contribution < -0.4 is 0 Å². The zero-order valence-electron chi connectivity index (χ0n) is 15.2. The molecule has 2 heteroatoms. The first kappa shape index (κ1) is 16.4. The van der Waals surface area contributed by atoms with Crippen molar-refractivity contribution in [3.63, 3.8) is 0 Å². The average Bonchev–Trinajstić information content (AvgIpc) is 3.20. The number of hydrogen-bond acceptors (Lipinski definition) is 0. The molecule has 28 heavy (non-hydrogen) atoms. The summed E-state index contributed by atoms with van der Waals surface area (Å²) < 4.78 is 2.29. The summed E-state index contributed by atoms with van der Waals surface area (Å²) in [5, 5.41) is 13.7. The van der Waals surface area contributed by atoms with Crippen molar-refractivity contribution in [1.29, 1.82) is 0 Å². The lowest BCUT2D eigenvalue weighted by Crippen LogP contribution is -1.99. The summed E-state index contributed by atoms with van der Waals surface area (Å²) in [5.74, 6) is 0.0410. The Kier molecular flexibility index (Phi) is 3.95. The molecular weight excluding hydrogens is 342 g/mol. The molecule has 4 aromatic carbocycles. The molecule has 0 atom stereocenters. The van der Waals surface area contributed by atoms with E-state index in [0.29, 0.717) is 0 Å². The fourth-order valence-corrected chi connectivity index (χ4v) is 3.73. The van der Waals surface area contributed by atoms with Crippen LogP contribution in [0.5, 0.6) is 5.75 Å². The third kappa shape index (κ3) is 2.85. The molecule has 0 aliphatic carbocycles. The van der Waals surface area contributed by atoms with Crippen molar-refractivity contribution in [2.24, 2.45) is 0 Å². The summed E-state index contributed by atoms with van der Waals surface area (Å²) in [4.78, 5) is 0. The number of para-hydroxylation sites is 1. The van der Waals surface area contributed by atoms with Crippen LogP contribution in [0.4, 0.5) is 0 Å². The molecule has 0 bridgehead atoms. The Hall–Kier alpha value is -3.78. The molecular formula is C26H18NO. The Morgan fingerprint density at radius 3 is 1.86 bits per heavy atom. The van der Waals surface area contributed by atoms with E-state index in [4.69, 9.17) is 0 Å². The summed E-state index contributed by atoms with van der Waals surface area (Å²) >= 11 is 0. The third-order valence-electron chi connectivity index (χ3n) is 5.07. The Bertz CT molecular complexity index is 1250. The van der Waals surface area contributed by atoms with Gasteiger partial charge in [-0.2, -0.15) is 0 Å². The van der Waals surface area contributed by atoms with Crippen LogP contribution in [0.15, 0.2) is 109 Å². The normalized spacial score (nSPS) is 11.0. The van der Waals surface area contributed by atoms with E-state index in [0.717, 1.165) is 33.4 Å². The highest BCUT2D eigenvalue weighted by atomic mass is 16.3. The van der Waals surface area contributed by atoms with Gasteiger partial charge in [-0.05, 0) is 64.4 Å². The molecule has 0 amide bonds. The van der Waals surface area contributed by atoms with E-state index in [1.807, 2.05) is 24.3 Å². The number of aromatic nitrogens is 1. The van der Waals surface area contributed by atoms with Crippen LogP contribution in [0.25, 0.3) is 39.0 Å². The molecule has 0 saturated heterocycles. The van der Waals surface area contributed by atoms with Gasteiger partial charge in [0, 0.05) is 5.69 Å². The number of fused-ring (bicyclic) bond motifs is 1. The van der Waals surface area contributed by atoms with E-state index in [2.05, 4.69) is 77.4 Å². The summed E-state index contributed by atoms with van der Waals surface area (Å²) in [6, 6.07) is 36.6. The van der Waals surface area contributed by atoms with Crippen molar-refractivity contribution in [3.8, 4) is 34.0 Å². The van der Waals surface area contributed by atoms with Gasteiger partial charge in [-0.15, -0.1) is 0 Å². The van der Waals surface area contributed by atoms with Crippen molar-refractivity contribution in [3.05, 3.63) is 109 Å². The van der Waals surface area contributed by atoms with Crippen molar-refractivity contribution in [2.45, 2.75) is 0 Å². The first-order valence-electron chi connectivity index (χ1n) is 9.33. The molecule has 0 saturated carbocycles. The molecule has 0 aliphatic heterocycles. The van der Waals surface area contributed by atoms with Crippen molar-refractivity contribution >= 4 is 10.8 Å². The molecule has 0 fully saturated rings. The maximum absolute atomic E-state index is 11.6. The lowest BCUT2D eigenvalue weighted by atomic mass is 10.0. The summed E-state index contributed by atoms with van der Waals surface area (Å²) in [6.45, 7) is 0. The number of hydrogen-bond donors (Lipinski definition) is 0. The molecule has 1 heterocycles. The Balaban J connectivity index is 1.74. The highest BCUT2D eigenvalue weighted by Gasteiger charge is 2.13. The molecule has 0 N–H and O–H groups in total. The lowest BCUT2D eigenvalue weighted by molar-refractivity contribution is 0.355. The predicted octanol–water partition coefficient (Wildman–Crippen LogP) is 7.11. The summed E-state index contributed by atoms with van der Waals surface area (Å²) in [7, 11) is 0. The molecule has 1 radical (unpaired) electrons. The number of rotatable bonds is 3. The summed E-state index contributed by atoms with van der Waals surface area (Å²) in [5.41, 5.74) is 5.69. The fourth-order valence-electron chi connectivity index (χ4n) is 3.73. The second-order valence-electron chi connectivity index (χ2n) is 6.86. The number of nitrogens with zero attached hydrogens (tertiary/aromatic N) is 1. The van der Waals surface area contributed by atoms with Crippen molar-refractivity contribution in [2.75, 3.05) is 0 Å². The molecule has 1 aromatic heterocycles. The highest BCUT2D eigenvalue weighted by molar-refractivity contribution is 5.88. The zero-order chi connectivity index (χ0) is 18.9. The lowest BCUT2D eigenvalue weighted by Gasteiger charge is -2.15. The Morgan fingerprint density at radius 1 is 0.500 bits per heavy atom. The van der Waals surface area contributed by atoms with Gasteiger partial charge in [0.25, 0.3) is 0 Å². The maximum atomic E-state index is 11.6. The van der Waals surface area contributed by atoms with Crippen LogP contribution >= 0.6 is 0 Å². The monoisotopic (exact) mass is 360 g/mol. The third-order valence-corrected chi connectivity index (χ3v) is 5.07. The fraction of sp³-hybridized carbons (Fsp3) is 0. The zero-order valence-corrected chi connectivity index (χ0v) is 15.2. The van der Waals surface area contributed by atoms with Gasteiger partial charge in [-0.3, -0.25) is 5.11 Å². The largest absolute Gasteiger partial charge is 0.309 e. The SMILES string of the molecule is [O]c1ccc2cc(-c3ccc(-c4ccccc4)n3-c3ccccc3)ccc2c1. The minimum atomic E-state index is 0.0410. The van der Waals surface area contributed by atoms with Crippen LogP contribution in [-0.2, 0) is 5.11 Å². The van der Waals surface area contributed by atoms with Gasteiger partial charge in [0.05, 0.1) is 11.4 Å². The van der Waals surface area contributed by atoms with E-state index >= 15 is 0 Å². The standard InChI is InChI=1S/C26H18NO/c28-24-14-13-20-17-22(12-11-21(20)18-24)26-16-15-25(19-7-3-1-4-8-19)27(26)23-9-5-2-6-10-23/h1-18H. The summed E-state index contributed by atoms with van der Waals surface area (Å²) in [6.07, 6.45) is 0. The van der Waals surface area contributed by atoms with E-state index < -0.39 is 0 Å². The van der Waals surface area contributed by atoms with E-state index in [1.165, 1.54) is 5.56 Å². The van der Waals surface area contributed by atoms with Crippen LogP contribution in [0, 0.1) is 0 Å². The van der Waals surface area contributed by atoms with Crippen molar-refractivity contribution < 1.29 is 5.11 Å².